The topological polar surface area (TPSA) is 76.7 Å². The molecule has 0 bridgehead atoms. The van der Waals surface area contributed by atoms with E-state index in [1.807, 2.05) is 39.8 Å². The molecule has 0 aliphatic heterocycles. The Morgan fingerprint density at radius 1 is 1.22 bits per heavy atom. The maximum absolute atomic E-state index is 11.9. The van der Waals surface area contributed by atoms with Gasteiger partial charge >= 0.3 is 0 Å². The predicted molar refractivity (Wildman–Crippen MR) is 88.7 cm³/mol. The lowest BCUT2D eigenvalue weighted by Crippen LogP contribution is -2.51. The Balaban J connectivity index is 2.53. The first-order chi connectivity index (χ1) is 10.6. The SMILES string of the molecule is COc1cc(C)ccc1OCC(=O)NC(C)C(=O)NC(C)(C)C. The minimum absolute atomic E-state index is 0.188. The largest absolute Gasteiger partial charge is 0.493 e. The number of aryl methyl sites for hydroxylation is 1. The van der Waals surface area contributed by atoms with Crippen molar-refractivity contribution < 1.29 is 19.1 Å². The van der Waals surface area contributed by atoms with Crippen molar-refractivity contribution in [3.05, 3.63) is 23.8 Å². The lowest BCUT2D eigenvalue weighted by molar-refractivity contribution is -0.130. The Hall–Kier alpha value is -2.24. The van der Waals surface area contributed by atoms with Gasteiger partial charge < -0.3 is 20.1 Å². The Labute approximate surface area is 137 Å². The number of carbonyl (C=O) groups excluding carboxylic acids is 2. The van der Waals surface area contributed by atoms with E-state index in [1.54, 1.807) is 20.1 Å². The molecule has 6 nitrogen and oxygen atoms in total. The van der Waals surface area contributed by atoms with Gasteiger partial charge in [-0.1, -0.05) is 6.07 Å². The number of amides is 2. The predicted octanol–water partition coefficient (Wildman–Crippen LogP) is 1.80. The van der Waals surface area contributed by atoms with Crippen molar-refractivity contribution >= 4 is 11.8 Å². The second-order valence-corrected chi connectivity index (χ2v) is 6.47. The van der Waals surface area contributed by atoms with Gasteiger partial charge in [0.1, 0.15) is 6.04 Å². The van der Waals surface area contributed by atoms with Crippen LogP contribution in [0.3, 0.4) is 0 Å². The van der Waals surface area contributed by atoms with Crippen LogP contribution in [0.5, 0.6) is 11.5 Å². The molecule has 2 amide bonds. The lowest BCUT2D eigenvalue weighted by Gasteiger charge is -2.23. The fourth-order valence-corrected chi connectivity index (χ4v) is 1.86. The van der Waals surface area contributed by atoms with Gasteiger partial charge in [0, 0.05) is 5.54 Å². The molecule has 0 saturated carbocycles. The molecule has 0 aliphatic rings. The average Bonchev–Trinajstić information content (AvgIpc) is 2.43. The van der Waals surface area contributed by atoms with Crippen LogP contribution in [0.25, 0.3) is 0 Å². The highest BCUT2D eigenvalue weighted by Gasteiger charge is 2.20. The number of carbonyl (C=O) groups is 2. The van der Waals surface area contributed by atoms with Crippen LogP contribution in [0.2, 0.25) is 0 Å². The molecule has 1 rings (SSSR count). The molecule has 0 heterocycles. The molecule has 0 aromatic heterocycles. The van der Waals surface area contributed by atoms with E-state index in [2.05, 4.69) is 10.6 Å². The molecule has 1 unspecified atom stereocenters. The number of ether oxygens (including phenoxy) is 2. The number of nitrogens with one attached hydrogen (secondary N) is 2. The van der Waals surface area contributed by atoms with Gasteiger partial charge in [0.15, 0.2) is 18.1 Å². The van der Waals surface area contributed by atoms with E-state index in [4.69, 9.17) is 9.47 Å². The number of rotatable bonds is 6. The van der Waals surface area contributed by atoms with Crippen LogP contribution >= 0.6 is 0 Å². The van der Waals surface area contributed by atoms with Gasteiger partial charge in [-0.15, -0.1) is 0 Å². The molecular weight excluding hydrogens is 296 g/mol. The summed E-state index contributed by atoms with van der Waals surface area (Å²) in [7, 11) is 1.54. The van der Waals surface area contributed by atoms with Crippen molar-refractivity contribution in [1.29, 1.82) is 0 Å². The van der Waals surface area contributed by atoms with Gasteiger partial charge in [-0.05, 0) is 52.3 Å². The van der Waals surface area contributed by atoms with Crippen LogP contribution in [-0.4, -0.2) is 37.1 Å². The smallest absolute Gasteiger partial charge is 0.258 e. The fourth-order valence-electron chi connectivity index (χ4n) is 1.86. The number of benzene rings is 1. The van der Waals surface area contributed by atoms with E-state index < -0.39 is 6.04 Å². The first-order valence-corrected chi connectivity index (χ1v) is 7.51. The molecule has 2 N–H and O–H groups in total. The van der Waals surface area contributed by atoms with Gasteiger partial charge in [-0.2, -0.15) is 0 Å². The average molecular weight is 322 g/mol. The molecule has 0 spiro atoms. The molecule has 23 heavy (non-hydrogen) atoms. The van der Waals surface area contributed by atoms with Crippen LogP contribution in [-0.2, 0) is 9.59 Å². The number of hydrogen-bond acceptors (Lipinski definition) is 4. The molecule has 128 valence electrons. The molecule has 0 fully saturated rings. The minimum Gasteiger partial charge on any atom is -0.493 e. The molecule has 1 aromatic carbocycles. The van der Waals surface area contributed by atoms with Gasteiger partial charge in [0.25, 0.3) is 5.91 Å². The zero-order valence-electron chi connectivity index (χ0n) is 14.6. The molecule has 0 radical (unpaired) electrons. The molecule has 6 heteroatoms. The summed E-state index contributed by atoms with van der Waals surface area (Å²) >= 11 is 0. The Morgan fingerprint density at radius 3 is 2.43 bits per heavy atom. The lowest BCUT2D eigenvalue weighted by atomic mass is 10.1. The van der Waals surface area contributed by atoms with Crippen molar-refractivity contribution in [2.24, 2.45) is 0 Å². The molecule has 1 aromatic rings. The summed E-state index contributed by atoms with van der Waals surface area (Å²) in [5.41, 5.74) is 0.688. The Kier molecular flexibility index (Phi) is 6.42. The monoisotopic (exact) mass is 322 g/mol. The van der Waals surface area contributed by atoms with E-state index in [1.165, 1.54) is 0 Å². The van der Waals surface area contributed by atoms with Crippen molar-refractivity contribution in [3.63, 3.8) is 0 Å². The molecular formula is C17H26N2O4. The Bertz CT molecular complexity index is 564. The van der Waals surface area contributed by atoms with Crippen molar-refractivity contribution in [3.8, 4) is 11.5 Å². The summed E-state index contributed by atoms with van der Waals surface area (Å²) in [5.74, 6) is 0.444. The second kappa shape index (κ2) is 7.85. The highest BCUT2D eigenvalue weighted by atomic mass is 16.5. The standard InChI is InChI=1S/C17H26N2O4/c1-11-7-8-13(14(9-11)22-6)23-10-15(20)18-12(2)16(21)19-17(3,4)5/h7-9,12H,10H2,1-6H3,(H,18,20)(H,19,21). The van der Waals surface area contributed by atoms with E-state index in [9.17, 15) is 9.59 Å². The fraction of sp³-hybridized carbons (Fsp3) is 0.529. The highest BCUT2D eigenvalue weighted by molar-refractivity contribution is 5.88. The summed E-state index contributed by atoms with van der Waals surface area (Å²) < 4.78 is 10.7. The third-order valence-electron chi connectivity index (χ3n) is 2.95. The van der Waals surface area contributed by atoms with Gasteiger partial charge in [0.05, 0.1) is 7.11 Å². The van der Waals surface area contributed by atoms with Gasteiger partial charge in [0.2, 0.25) is 5.91 Å². The number of methoxy groups -OCH3 is 1. The maximum atomic E-state index is 11.9. The molecule has 0 aliphatic carbocycles. The quantitative estimate of drug-likeness (QED) is 0.837. The van der Waals surface area contributed by atoms with Crippen molar-refractivity contribution in [1.82, 2.24) is 10.6 Å². The van der Waals surface area contributed by atoms with Crippen molar-refractivity contribution in [2.45, 2.75) is 46.2 Å². The third kappa shape index (κ3) is 6.59. The maximum Gasteiger partial charge on any atom is 0.258 e. The summed E-state index contributed by atoms with van der Waals surface area (Å²) in [6, 6.07) is 4.81. The first-order valence-electron chi connectivity index (χ1n) is 7.51. The van der Waals surface area contributed by atoms with Gasteiger partial charge in [-0.3, -0.25) is 9.59 Å². The van der Waals surface area contributed by atoms with E-state index in [-0.39, 0.29) is 24.0 Å². The molecule has 0 saturated heterocycles. The minimum atomic E-state index is -0.634. The van der Waals surface area contributed by atoms with E-state index in [0.29, 0.717) is 11.5 Å². The van der Waals surface area contributed by atoms with E-state index >= 15 is 0 Å². The second-order valence-electron chi connectivity index (χ2n) is 6.47. The number of hydrogen-bond donors (Lipinski definition) is 2. The zero-order valence-corrected chi connectivity index (χ0v) is 14.6. The summed E-state index contributed by atoms with van der Waals surface area (Å²) in [5, 5.41) is 5.41. The highest BCUT2D eigenvalue weighted by Crippen LogP contribution is 2.27. The summed E-state index contributed by atoms with van der Waals surface area (Å²) in [6.07, 6.45) is 0. The van der Waals surface area contributed by atoms with Crippen LogP contribution in [0.1, 0.15) is 33.3 Å². The summed E-state index contributed by atoms with van der Waals surface area (Å²) in [6.45, 7) is 9.02. The Morgan fingerprint density at radius 2 is 1.87 bits per heavy atom. The van der Waals surface area contributed by atoms with Crippen LogP contribution in [0, 0.1) is 6.92 Å². The normalized spacial score (nSPS) is 12.3. The zero-order chi connectivity index (χ0) is 17.6. The summed E-state index contributed by atoms with van der Waals surface area (Å²) in [4.78, 5) is 23.8. The van der Waals surface area contributed by atoms with Crippen LogP contribution in [0.15, 0.2) is 18.2 Å². The third-order valence-corrected chi connectivity index (χ3v) is 2.95. The first kappa shape index (κ1) is 18.8. The van der Waals surface area contributed by atoms with Crippen molar-refractivity contribution in [2.75, 3.05) is 13.7 Å². The molecule has 1 atom stereocenters. The van der Waals surface area contributed by atoms with E-state index in [0.717, 1.165) is 5.56 Å². The van der Waals surface area contributed by atoms with Crippen LogP contribution < -0.4 is 20.1 Å². The van der Waals surface area contributed by atoms with Crippen LogP contribution in [0.4, 0.5) is 0 Å². The van der Waals surface area contributed by atoms with Gasteiger partial charge in [-0.25, -0.2) is 0 Å².